The number of aryl methyl sites for hydroxylation is 1. The Labute approximate surface area is 182 Å². The quantitative estimate of drug-likeness (QED) is 0.689. The van der Waals surface area contributed by atoms with Crippen molar-refractivity contribution in [1.29, 1.82) is 0 Å². The number of hydrogen-bond donors (Lipinski definition) is 1. The summed E-state index contributed by atoms with van der Waals surface area (Å²) in [7, 11) is 3.85. The third-order valence-corrected chi connectivity index (χ3v) is 5.47. The van der Waals surface area contributed by atoms with Crippen LogP contribution < -0.4 is 15.1 Å². The zero-order valence-corrected chi connectivity index (χ0v) is 18.1. The number of amides is 2. The van der Waals surface area contributed by atoms with Crippen molar-refractivity contribution in [3.05, 3.63) is 83.2 Å². The lowest BCUT2D eigenvalue weighted by Crippen LogP contribution is -2.30. The third-order valence-electron chi connectivity index (χ3n) is 5.47. The number of rotatable bonds is 5. The van der Waals surface area contributed by atoms with E-state index in [4.69, 9.17) is 0 Å². The average Bonchev–Trinajstić information content (AvgIpc) is 3.17. The van der Waals surface area contributed by atoms with Crippen molar-refractivity contribution in [1.82, 2.24) is 4.98 Å². The van der Waals surface area contributed by atoms with Gasteiger partial charge >= 0.3 is 0 Å². The second-order valence-electron chi connectivity index (χ2n) is 8.01. The number of nitrogens with one attached hydrogen (secondary N) is 1. The molecule has 6 nitrogen and oxygen atoms in total. The van der Waals surface area contributed by atoms with E-state index in [-0.39, 0.29) is 18.2 Å². The Hall–Kier alpha value is -3.67. The van der Waals surface area contributed by atoms with Crippen LogP contribution in [0.1, 0.15) is 27.2 Å². The van der Waals surface area contributed by atoms with Crippen molar-refractivity contribution in [2.75, 3.05) is 35.8 Å². The minimum absolute atomic E-state index is 0.0321. The number of hydrogen-bond acceptors (Lipinski definition) is 4. The minimum atomic E-state index is -0.145. The van der Waals surface area contributed by atoms with Gasteiger partial charge in [-0.1, -0.05) is 17.7 Å². The number of pyridine rings is 1. The topological polar surface area (TPSA) is 65.5 Å². The van der Waals surface area contributed by atoms with Gasteiger partial charge in [-0.3, -0.25) is 14.6 Å². The fraction of sp³-hybridized carbons (Fsp3) is 0.240. The van der Waals surface area contributed by atoms with Gasteiger partial charge in [-0.05, 0) is 61.4 Å². The van der Waals surface area contributed by atoms with Crippen LogP contribution in [0.2, 0.25) is 0 Å². The molecule has 0 saturated heterocycles. The van der Waals surface area contributed by atoms with Gasteiger partial charge in [-0.25, -0.2) is 0 Å². The minimum Gasteiger partial charge on any atom is -0.377 e. The van der Waals surface area contributed by atoms with Crippen molar-refractivity contribution >= 4 is 28.9 Å². The zero-order valence-electron chi connectivity index (χ0n) is 18.1. The zero-order chi connectivity index (χ0) is 22.0. The molecule has 31 heavy (non-hydrogen) atoms. The van der Waals surface area contributed by atoms with Gasteiger partial charge in [-0.2, -0.15) is 0 Å². The van der Waals surface area contributed by atoms with E-state index >= 15 is 0 Å². The smallest absolute Gasteiger partial charge is 0.257 e. The molecule has 0 aliphatic carbocycles. The van der Waals surface area contributed by atoms with Crippen LogP contribution in [0.5, 0.6) is 0 Å². The molecule has 2 aromatic carbocycles. The molecule has 0 fully saturated rings. The Morgan fingerprint density at radius 1 is 1.10 bits per heavy atom. The number of carbonyl (C=O) groups is 2. The predicted molar refractivity (Wildman–Crippen MR) is 124 cm³/mol. The highest BCUT2D eigenvalue weighted by Crippen LogP contribution is 2.31. The molecule has 0 unspecified atom stereocenters. The van der Waals surface area contributed by atoms with Crippen LogP contribution in [-0.4, -0.2) is 37.4 Å². The van der Waals surface area contributed by atoms with Crippen molar-refractivity contribution in [3.8, 4) is 0 Å². The first kappa shape index (κ1) is 20.6. The summed E-state index contributed by atoms with van der Waals surface area (Å²) in [6.45, 7) is 2.61. The molecule has 1 N–H and O–H groups in total. The maximum absolute atomic E-state index is 13.0. The molecule has 0 saturated carbocycles. The molecule has 0 radical (unpaired) electrons. The van der Waals surface area contributed by atoms with E-state index in [1.807, 2.05) is 80.5 Å². The summed E-state index contributed by atoms with van der Waals surface area (Å²) in [6.07, 6.45) is 2.74. The monoisotopic (exact) mass is 414 g/mol. The molecule has 6 heteroatoms. The number of carbonyl (C=O) groups excluding carboxylic acids is 2. The fourth-order valence-corrected chi connectivity index (χ4v) is 3.91. The Kier molecular flexibility index (Phi) is 5.71. The van der Waals surface area contributed by atoms with E-state index in [2.05, 4.69) is 10.3 Å². The molecule has 1 aliphatic heterocycles. The number of fused-ring (bicyclic) bond motifs is 1. The summed E-state index contributed by atoms with van der Waals surface area (Å²) in [5.41, 5.74) is 6.00. The van der Waals surface area contributed by atoms with Crippen LogP contribution in [-0.2, 0) is 17.6 Å². The maximum atomic E-state index is 13.0. The lowest BCUT2D eigenvalue weighted by molar-refractivity contribution is -0.117. The van der Waals surface area contributed by atoms with Crippen LogP contribution in [0.25, 0.3) is 0 Å². The second kappa shape index (κ2) is 8.60. The Balaban J connectivity index is 1.50. The molecule has 4 rings (SSSR count). The van der Waals surface area contributed by atoms with E-state index in [1.54, 1.807) is 11.1 Å². The van der Waals surface area contributed by atoms with E-state index in [1.165, 1.54) is 0 Å². The highest BCUT2D eigenvalue weighted by atomic mass is 16.2. The summed E-state index contributed by atoms with van der Waals surface area (Å²) < 4.78 is 0. The molecular weight excluding hydrogens is 388 g/mol. The van der Waals surface area contributed by atoms with Gasteiger partial charge in [0.05, 0.1) is 12.0 Å². The van der Waals surface area contributed by atoms with Crippen LogP contribution >= 0.6 is 0 Å². The fourth-order valence-electron chi connectivity index (χ4n) is 3.91. The van der Waals surface area contributed by atoms with Crippen molar-refractivity contribution in [2.45, 2.75) is 19.8 Å². The SMILES string of the molecule is Cc1ccc(N(C)C)c(C(=O)Nc2ccc3c(c2)CCN3C(=O)Cc2ccccn2)c1. The van der Waals surface area contributed by atoms with Crippen LogP contribution in [0.4, 0.5) is 17.1 Å². The number of anilines is 3. The first-order valence-corrected chi connectivity index (χ1v) is 10.3. The summed E-state index contributed by atoms with van der Waals surface area (Å²) in [5, 5.41) is 3.02. The lowest BCUT2D eigenvalue weighted by Gasteiger charge is -2.19. The summed E-state index contributed by atoms with van der Waals surface area (Å²) in [5.74, 6) is -0.113. The van der Waals surface area contributed by atoms with Gasteiger partial charge in [0.15, 0.2) is 0 Å². The summed E-state index contributed by atoms with van der Waals surface area (Å²) in [4.78, 5) is 33.7. The Morgan fingerprint density at radius 2 is 1.94 bits per heavy atom. The van der Waals surface area contributed by atoms with Gasteiger partial charge in [0, 0.05) is 49.6 Å². The molecule has 0 atom stereocenters. The van der Waals surface area contributed by atoms with E-state index in [0.29, 0.717) is 12.1 Å². The van der Waals surface area contributed by atoms with Crippen LogP contribution in [0.15, 0.2) is 60.8 Å². The highest BCUT2D eigenvalue weighted by Gasteiger charge is 2.25. The van der Waals surface area contributed by atoms with E-state index in [9.17, 15) is 9.59 Å². The first-order chi connectivity index (χ1) is 14.9. The van der Waals surface area contributed by atoms with E-state index in [0.717, 1.165) is 40.3 Å². The summed E-state index contributed by atoms with van der Waals surface area (Å²) in [6, 6.07) is 17.2. The molecule has 158 valence electrons. The maximum Gasteiger partial charge on any atom is 0.257 e. The van der Waals surface area contributed by atoms with Gasteiger partial charge in [-0.15, -0.1) is 0 Å². The first-order valence-electron chi connectivity index (χ1n) is 10.3. The third kappa shape index (κ3) is 4.43. The van der Waals surface area contributed by atoms with Crippen molar-refractivity contribution < 1.29 is 9.59 Å². The highest BCUT2D eigenvalue weighted by molar-refractivity contribution is 6.08. The Bertz CT molecular complexity index is 1130. The number of aromatic nitrogens is 1. The average molecular weight is 415 g/mol. The Morgan fingerprint density at radius 3 is 2.68 bits per heavy atom. The number of benzene rings is 2. The predicted octanol–water partition coefficient (Wildman–Crippen LogP) is 3.84. The lowest BCUT2D eigenvalue weighted by atomic mass is 10.1. The van der Waals surface area contributed by atoms with Gasteiger partial charge in [0.25, 0.3) is 5.91 Å². The normalized spacial score (nSPS) is 12.4. The largest absolute Gasteiger partial charge is 0.377 e. The summed E-state index contributed by atoms with van der Waals surface area (Å²) >= 11 is 0. The van der Waals surface area contributed by atoms with E-state index < -0.39 is 0 Å². The van der Waals surface area contributed by atoms with Gasteiger partial charge < -0.3 is 15.1 Å². The number of nitrogens with zero attached hydrogens (tertiary/aromatic N) is 3. The molecule has 2 amide bonds. The van der Waals surface area contributed by atoms with Gasteiger partial charge in [0.1, 0.15) is 0 Å². The molecule has 0 spiro atoms. The van der Waals surface area contributed by atoms with Crippen LogP contribution in [0.3, 0.4) is 0 Å². The molecule has 3 aromatic rings. The van der Waals surface area contributed by atoms with Gasteiger partial charge in [0.2, 0.25) is 5.91 Å². The molecular formula is C25H26N4O2. The second-order valence-corrected chi connectivity index (χ2v) is 8.01. The van der Waals surface area contributed by atoms with Crippen molar-refractivity contribution in [2.24, 2.45) is 0 Å². The molecule has 2 heterocycles. The molecule has 1 aromatic heterocycles. The molecule has 0 bridgehead atoms. The van der Waals surface area contributed by atoms with Crippen molar-refractivity contribution in [3.63, 3.8) is 0 Å². The van der Waals surface area contributed by atoms with Crippen LogP contribution in [0, 0.1) is 6.92 Å². The standard InChI is InChI=1S/C25H26N4O2/c1-17-7-9-23(28(2)3)21(14-17)25(31)27-20-8-10-22-18(15-20)11-13-29(22)24(30)16-19-6-4-5-12-26-19/h4-10,12,14-15H,11,13,16H2,1-3H3,(H,27,31). The molecule has 1 aliphatic rings.